The molecule has 0 amide bonds. The molecule has 0 aliphatic heterocycles. The molecule has 2 N–H and O–H groups in total. The average molecular weight is 534 g/mol. The first-order valence-corrected chi connectivity index (χ1v) is 11.0. The minimum Gasteiger partial charge on any atom is -0.406 e. The minimum atomic E-state index is -4.87. The number of aromatic nitrogens is 2. The van der Waals surface area contributed by atoms with Crippen molar-refractivity contribution in [2.45, 2.75) is 19.0 Å². The van der Waals surface area contributed by atoms with Crippen LogP contribution in [0.3, 0.4) is 0 Å². The smallest absolute Gasteiger partial charge is 0.406 e. The highest BCUT2D eigenvalue weighted by atomic mass is 35.5. The monoisotopic (exact) mass is 533 g/mol. The number of nitrogens with one attached hydrogen (secondary N) is 2. The van der Waals surface area contributed by atoms with Gasteiger partial charge in [0.15, 0.2) is 0 Å². The summed E-state index contributed by atoms with van der Waals surface area (Å²) in [6.45, 7) is 1.26. The molecular formula is C23H22ClF6N5O. The van der Waals surface area contributed by atoms with Gasteiger partial charge in [-0.05, 0) is 57.4 Å². The van der Waals surface area contributed by atoms with E-state index in [1.165, 1.54) is 24.3 Å². The van der Waals surface area contributed by atoms with E-state index in [0.717, 1.165) is 37.2 Å². The van der Waals surface area contributed by atoms with Crippen molar-refractivity contribution < 1.29 is 31.1 Å². The maximum Gasteiger partial charge on any atom is 0.573 e. The van der Waals surface area contributed by atoms with Crippen LogP contribution in [0.25, 0.3) is 11.3 Å². The van der Waals surface area contributed by atoms with E-state index in [-0.39, 0.29) is 28.7 Å². The molecule has 194 valence electrons. The summed E-state index contributed by atoms with van der Waals surface area (Å²) in [6, 6.07) is 9.88. The maximum absolute atomic E-state index is 13.3. The molecule has 36 heavy (non-hydrogen) atoms. The predicted molar refractivity (Wildman–Crippen MR) is 126 cm³/mol. The molecule has 0 saturated heterocycles. The van der Waals surface area contributed by atoms with Gasteiger partial charge in [0.1, 0.15) is 11.6 Å². The van der Waals surface area contributed by atoms with E-state index >= 15 is 0 Å². The number of ether oxygens (including phenoxy) is 1. The fourth-order valence-electron chi connectivity index (χ4n) is 3.15. The number of benzene rings is 2. The summed E-state index contributed by atoms with van der Waals surface area (Å²) in [7, 11) is 3.83. The van der Waals surface area contributed by atoms with Gasteiger partial charge in [-0.1, -0.05) is 23.7 Å². The molecule has 3 rings (SSSR count). The maximum atomic E-state index is 13.3. The van der Waals surface area contributed by atoms with Gasteiger partial charge in [-0.2, -0.15) is 18.2 Å². The molecule has 0 bridgehead atoms. The molecule has 1 aromatic heterocycles. The van der Waals surface area contributed by atoms with E-state index in [4.69, 9.17) is 11.6 Å². The van der Waals surface area contributed by atoms with Crippen LogP contribution in [0, 0.1) is 0 Å². The Morgan fingerprint density at radius 1 is 0.972 bits per heavy atom. The van der Waals surface area contributed by atoms with E-state index < -0.39 is 28.9 Å². The Morgan fingerprint density at radius 3 is 2.39 bits per heavy atom. The molecule has 6 nitrogen and oxygen atoms in total. The van der Waals surface area contributed by atoms with Crippen LogP contribution in [0.2, 0.25) is 5.02 Å². The molecule has 13 heteroatoms. The molecule has 0 fully saturated rings. The Hall–Kier alpha value is -3.25. The molecule has 0 aliphatic carbocycles. The van der Waals surface area contributed by atoms with Crippen LogP contribution in [0.1, 0.15) is 12.0 Å². The standard InChI is InChI=1S/C23H22ClF6N5O/c1-35(2)10-4-9-31-21-33-19(14-5-3-6-16(11-14)36-23(28,29)30)13-20(34-21)32-15-7-8-18(24)17(12-15)22(25,26)27/h3,5-8,11-13H,4,9-10H2,1-2H3,(H2,31,32,33,34). The molecule has 0 aliphatic rings. The van der Waals surface area contributed by atoms with Crippen molar-refractivity contribution in [1.82, 2.24) is 14.9 Å². The number of anilines is 3. The van der Waals surface area contributed by atoms with Gasteiger partial charge in [0.05, 0.1) is 16.3 Å². The highest BCUT2D eigenvalue weighted by Crippen LogP contribution is 2.37. The zero-order valence-electron chi connectivity index (χ0n) is 19.1. The van der Waals surface area contributed by atoms with E-state index in [1.54, 1.807) is 0 Å². The van der Waals surface area contributed by atoms with Gasteiger partial charge in [0.25, 0.3) is 0 Å². The average Bonchev–Trinajstić information content (AvgIpc) is 2.76. The summed E-state index contributed by atoms with van der Waals surface area (Å²) >= 11 is 5.69. The van der Waals surface area contributed by atoms with Crippen molar-refractivity contribution in [3.05, 3.63) is 59.1 Å². The Bertz CT molecular complexity index is 1190. The highest BCUT2D eigenvalue weighted by molar-refractivity contribution is 6.31. The predicted octanol–water partition coefficient (Wildman–Crippen LogP) is 6.82. The van der Waals surface area contributed by atoms with Crippen LogP contribution >= 0.6 is 11.6 Å². The summed E-state index contributed by atoms with van der Waals surface area (Å²) in [5, 5.41) is 5.36. The summed E-state index contributed by atoms with van der Waals surface area (Å²) in [5.74, 6) is -0.185. The molecule has 0 atom stereocenters. The van der Waals surface area contributed by atoms with Crippen molar-refractivity contribution in [2.75, 3.05) is 37.8 Å². The lowest BCUT2D eigenvalue weighted by atomic mass is 10.1. The lowest BCUT2D eigenvalue weighted by Gasteiger charge is -2.15. The van der Waals surface area contributed by atoms with Gasteiger partial charge in [0.2, 0.25) is 5.95 Å². The zero-order chi connectivity index (χ0) is 26.5. The fourth-order valence-corrected chi connectivity index (χ4v) is 3.38. The zero-order valence-corrected chi connectivity index (χ0v) is 19.9. The van der Waals surface area contributed by atoms with E-state index in [1.807, 2.05) is 19.0 Å². The van der Waals surface area contributed by atoms with Crippen molar-refractivity contribution in [1.29, 1.82) is 0 Å². The number of nitrogens with zero attached hydrogens (tertiary/aromatic N) is 3. The molecular weight excluding hydrogens is 512 g/mol. The molecule has 0 saturated carbocycles. The number of hydrogen-bond donors (Lipinski definition) is 2. The largest absolute Gasteiger partial charge is 0.573 e. The Morgan fingerprint density at radius 2 is 1.72 bits per heavy atom. The Balaban J connectivity index is 1.95. The molecule has 2 aromatic carbocycles. The van der Waals surface area contributed by atoms with Crippen LogP contribution in [0.5, 0.6) is 5.75 Å². The molecule has 0 spiro atoms. The SMILES string of the molecule is CN(C)CCCNc1nc(Nc2ccc(Cl)c(C(F)(F)F)c2)cc(-c2cccc(OC(F)(F)F)c2)n1. The molecule has 0 unspecified atom stereocenters. The summed E-state index contributed by atoms with van der Waals surface area (Å²) in [6.07, 6.45) is -8.80. The van der Waals surface area contributed by atoms with E-state index in [0.29, 0.717) is 6.54 Å². The first-order valence-electron chi connectivity index (χ1n) is 10.6. The van der Waals surface area contributed by atoms with Gasteiger partial charge in [-0.3, -0.25) is 0 Å². The third-order valence-electron chi connectivity index (χ3n) is 4.70. The lowest BCUT2D eigenvalue weighted by Crippen LogP contribution is -2.17. The Kier molecular flexibility index (Phi) is 8.51. The number of hydrogen-bond acceptors (Lipinski definition) is 6. The van der Waals surface area contributed by atoms with Crippen LogP contribution < -0.4 is 15.4 Å². The fraction of sp³-hybridized carbons (Fsp3) is 0.304. The summed E-state index contributed by atoms with van der Waals surface area (Å²) in [4.78, 5) is 10.6. The second-order valence-electron chi connectivity index (χ2n) is 7.94. The van der Waals surface area contributed by atoms with Crippen LogP contribution in [0.4, 0.5) is 43.8 Å². The first kappa shape index (κ1) is 27.3. The van der Waals surface area contributed by atoms with E-state index in [9.17, 15) is 26.3 Å². The molecule has 0 radical (unpaired) electrons. The first-order chi connectivity index (χ1) is 16.8. The van der Waals surface area contributed by atoms with Gasteiger partial charge in [-0.15, -0.1) is 13.2 Å². The minimum absolute atomic E-state index is 0.0593. The number of rotatable bonds is 9. The second-order valence-corrected chi connectivity index (χ2v) is 8.35. The normalized spacial score (nSPS) is 12.1. The molecule has 3 aromatic rings. The van der Waals surface area contributed by atoms with Crippen molar-refractivity contribution in [3.63, 3.8) is 0 Å². The Labute approximate surface area is 208 Å². The van der Waals surface area contributed by atoms with Gasteiger partial charge in [0, 0.05) is 23.9 Å². The van der Waals surface area contributed by atoms with Gasteiger partial charge >= 0.3 is 12.5 Å². The third-order valence-corrected chi connectivity index (χ3v) is 5.03. The van der Waals surface area contributed by atoms with Crippen molar-refractivity contribution in [2.24, 2.45) is 0 Å². The third kappa shape index (κ3) is 8.16. The van der Waals surface area contributed by atoms with Crippen LogP contribution in [-0.4, -0.2) is 48.4 Å². The summed E-state index contributed by atoms with van der Waals surface area (Å²) in [5.41, 5.74) is -0.461. The van der Waals surface area contributed by atoms with Crippen LogP contribution in [-0.2, 0) is 6.18 Å². The number of alkyl halides is 6. The van der Waals surface area contributed by atoms with Gasteiger partial charge < -0.3 is 20.3 Å². The molecule has 1 heterocycles. The topological polar surface area (TPSA) is 62.3 Å². The second kappa shape index (κ2) is 11.2. The quantitative estimate of drug-likeness (QED) is 0.232. The van der Waals surface area contributed by atoms with Crippen molar-refractivity contribution >= 4 is 29.1 Å². The van der Waals surface area contributed by atoms with Crippen LogP contribution in [0.15, 0.2) is 48.5 Å². The lowest BCUT2D eigenvalue weighted by molar-refractivity contribution is -0.274. The number of halogens is 7. The van der Waals surface area contributed by atoms with Crippen molar-refractivity contribution in [3.8, 4) is 17.0 Å². The summed E-state index contributed by atoms with van der Waals surface area (Å²) < 4.78 is 81.7. The highest BCUT2D eigenvalue weighted by Gasteiger charge is 2.33. The van der Waals surface area contributed by atoms with E-state index in [2.05, 4.69) is 25.3 Å². The van der Waals surface area contributed by atoms with Gasteiger partial charge in [-0.25, -0.2) is 4.98 Å².